The van der Waals surface area contributed by atoms with Gasteiger partial charge in [0.2, 0.25) is 0 Å². The van der Waals surface area contributed by atoms with Gasteiger partial charge in [-0.15, -0.1) is 0 Å². The molecule has 0 aliphatic carbocycles. The molecular weight excluding hydrogens is 202 g/mol. The fourth-order valence-corrected chi connectivity index (χ4v) is 1.86. The van der Waals surface area contributed by atoms with Crippen LogP contribution in [0.5, 0.6) is 5.88 Å². The number of aryl methyl sites for hydroxylation is 1. The number of hydrogen-bond acceptors (Lipinski definition) is 2. The van der Waals surface area contributed by atoms with Crippen LogP contribution in [-0.2, 0) is 6.42 Å². The van der Waals surface area contributed by atoms with Crippen LogP contribution in [0.4, 0.5) is 0 Å². The summed E-state index contributed by atoms with van der Waals surface area (Å²) in [7, 11) is 0. The highest BCUT2D eigenvalue weighted by Crippen LogP contribution is 2.22. The van der Waals surface area contributed by atoms with Crippen molar-refractivity contribution in [3.8, 4) is 5.88 Å². The molecular formula is C13H15NO2. The summed E-state index contributed by atoms with van der Waals surface area (Å²) < 4.78 is 1.67. The first-order valence-electron chi connectivity index (χ1n) is 5.53. The van der Waals surface area contributed by atoms with Crippen LogP contribution in [0.1, 0.15) is 36.2 Å². The molecule has 1 N–H and O–H groups in total. The zero-order chi connectivity index (χ0) is 11.7. The predicted octanol–water partition coefficient (Wildman–Crippen LogP) is 2.80. The smallest absolute Gasteiger partial charge is 0.195 e. The van der Waals surface area contributed by atoms with Gasteiger partial charge in [-0.25, -0.2) is 0 Å². The Morgan fingerprint density at radius 2 is 2.12 bits per heavy atom. The number of carbonyl (C=O) groups excluding carboxylic acids is 1. The highest BCUT2D eigenvalue weighted by atomic mass is 16.3. The van der Waals surface area contributed by atoms with Crippen molar-refractivity contribution in [1.29, 1.82) is 0 Å². The average Bonchev–Trinajstić information content (AvgIpc) is 2.73. The number of hydrogen-bond donors (Lipinski definition) is 1. The fourth-order valence-electron chi connectivity index (χ4n) is 1.86. The lowest BCUT2D eigenvalue weighted by Crippen LogP contribution is -1.99. The number of ketones is 1. The van der Waals surface area contributed by atoms with Crippen LogP contribution < -0.4 is 0 Å². The molecule has 3 heteroatoms. The van der Waals surface area contributed by atoms with Gasteiger partial charge < -0.3 is 5.11 Å². The van der Waals surface area contributed by atoms with E-state index in [1.165, 1.54) is 0 Å². The van der Waals surface area contributed by atoms with Crippen molar-refractivity contribution in [2.45, 2.75) is 26.7 Å². The van der Waals surface area contributed by atoms with Crippen molar-refractivity contribution in [2.24, 2.45) is 0 Å². The van der Waals surface area contributed by atoms with E-state index in [9.17, 15) is 9.90 Å². The largest absolute Gasteiger partial charge is 0.494 e. The number of aromatic nitrogens is 1. The van der Waals surface area contributed by atoms with Gasteiger partial charge in [0.25, 0.3) is 0 Å². The minimum absolute atomic E-state index is 0.103. The fraction of sp³-hybridized carbons (Fsp3) is 0.308. The minimum Gasteiger partial charge on any atom is -0.494 e. The SMILES string of the molecule is CCC(=O)c1ccc(O)n2cc(CC)cc12. The van der Waals surface area contributed by atoms with Crippen LogP contribution in [0, 0.1) is 0 Å². The normalized spacial score (nSPS) is 10.9. The zero-order valence-electron chi connectivity index (χ0n) is 9.53. The Bertz CT molecular complexity index is 540. The van der Waals surface area contributed by atoms with Crippen LogP contribution in [0.25, 0.3) is 5.52 Å². The maximum absolute atomic E-state index is 11.7. The maximum atomic E-state index is 11.7. The van der Waals surface area contributed by atoms with Crippen molar-refractivity contribution >= 4 is 11.3 Å². The molecule has 0 amide bonds. The zero-order valence-corrected chi connectivity index (χ0v) is 9.53. The molecule has 16 heavy (non-hydrogen) atoms. The van der Waals surface area contributed by atoms with Gasteiger partial charge in [-0.1, -0.05) is 13.8 Å². The molecule has 0 bridgehead atoms. The van der Waals surface area contributed by atoms with Crippen molar-refractivity contribution in [1.82, 2.24) is 4.40 Å². The minimum atomic E-state index is 0.103. The Morgan fingerprint density at radius 1 is 1.38 bits per heavy atom. The third-order valence-electron chi connectivity index (χ3n) is 2.83. The third-order valence-corrected chi connectivity index (χ3v) is 2.83. The molecule has 0 aliphatic rings. The molecule has 0 aromatic carbocycles. The first-order chi connectivity index (χ1) is 7.67. The summed E-state index contributed by atoms with van der Waals surface area (Å²) in [5, 5.41) is 9.71. The molecule has 0 radical (unpaired) electrons. The van der Waals surface area contributed by atoms with Crippen LogP contribution in [0.15, 0.2) is 24.4 Å². The topological polar surface area (TPSA) is 41.7 Å². The van der Waals surface area contributed by atoms with E-state index in [4.69, 9.17) is 0 Å². The lowest BCUT2D eigenvalue weighted by Gasteiger charge is -2.04. The standard InChI is InChI=1S/C13H15NO2/c1-3-9-7-11-10(12(15)4-2)5-6-13(16)14(11)8-9/h5-8,16H,3-4H2,1-2H3. The van der Waals surface area contributed by atoms with Gasteiger partial charge >= 0.3 is 0 Å². The van der Waals surface area contributed by atoms with E-state index in [0.29, 0.717) is 12.0 Å². The van der Waals surface area contributed by atoms with E-state index in [-0.39, 0.29) is 11.7 Å². The molecule has 0 unspecified atom stereocenters. The molecule has 0 saturated heterocycles. The van der Waals surface area contributed by atoms with Crippen LogP contribution in [0.3, 0.4) is 0 Å². The van der Waals surface area contributed by atoms with Crippen LogP contribution in [0.2, 0.25) is 0 Å². The number of rotatable bonds is 3. The van der Waals surface area contributed by atoms with Gasteiger partial charge in [0.1, 0.15) is 0 Å². The summed E-state index contributed by atoms with van der Waals surface area (Å²) in [4.78, 5) is 11.7. The number of nitrogens with zero attached hydrogens (tertiary/aromatic N) is 1. The lowest BCUT2D eigenvalue weighted by atomic mass is 10.1. The molecule has 84 valence electrons. The third kappa shape index (κ3) is 1.58. The van der Waals surface area contributed by atoms with E-state index in [1.54, 1.807) is 16.5 Å². The Kier molecular flexibility index (Phi) is 2.69. The Morgan fingerprint density at radius 3 is 2.75 bits per heavy atom. The van der Waals surface area contributed by atoms with Gasteiger partial charge in [0.05, 0.1) is 5.52 Å². The summed E-state index contributed by atoms with van der Waals surface area (Å²) in [5.41, 5.74) is 2.59. The lowest BCUT2D eigenvalue weighted by molar-refractivity contribution is 0.0989. The summed E-state index contributed by atoms with van der Waals surface area (Å²) in [6.07, 6.45) is 3.24. The van der Waals surface area contributed by atoms with Crippen LogP contribution >= 0.6 is 0 Å². The summed E-state index contributed by atoms with van der Waals surface area (Å²) in [6.45, 7) is 3.89. The molecule has 0 fully saturated rings. The summed E-state index contributed by atoms with van der Waals surface area (Å²) in [5.74, 6) is 0.271. The molecule has 2 heterocycles. The number of Topliss-reactive ketones (excluding diaryl/α,β-unsaturated/α-hetero) is 1. The van der Waals surface area contributed by atoms with Gasteiger partial charge in [0.15, 0.2) is 11.7 Å². The molecule has 0 spiro atoms. The molecule has 2 rings (SSSR count). The second kappa shape index (κ2) is 4.00. The molecule has 2 aromatic heterocycles. The van der Waals surface area contributed by atoms with E-state index in [1.807, 2.05) is 26.1 Å². The first kappa shape index (κ1) is 10.7. The van der Waals surface area contributed by atoms with Crippen molar-refractivity contribution in [3.05, 3.63) is 35.5 Å². The Balaban J connectivity index is 2.72. The highest BCUT2D eigenvalue weighted by Gasteiger charge is 2.11. The number of aromatic hydroxyl groups is 1. The van der Waals surface area contributed by atoms with E-state index in [2.05, 4.69) is 0 Å². The number of carbonyl (C=O) groups is 1. The van der Waals surface area contributed by atoms with Gasteiger partial charge in [-0.3, -0.25) is 9.20 Å². The van der Waals surface area contributed by atoms with Gasteiger partial charge in [-0.2, -0.15) is 0 Å². The average molecular weight is 217 g/mol. The molecule has 0 aliphatic heterocycles. The van der Waals surface area contributed by atoms with Crippen molar-refractivity contribution in [3.63, 3.8) is 0 Å². The predicted molar refractivity (Wildman–Crippen MR) is 63.1 cm³/mol. The monoisotopic (exact) mass is 217 g/mol. The second-order valence-corrected chi connectivity index (χ2v) is 3.84. The number of pyridine rings is 1. The second-order valence-electron chi connectivity index (χ2n) is 3.84. The quantitative estimate of drug-likeness (QED) is 0.803. The van der Waals surface area contributed by atoms with E-state index in [0.717, 1.165) is 17.5 Å². The molecule has 0 atom stereocenters. The van der Waals surface area contributed by atoms with E-state index < -0.39 is 0 Å². The Labute approximate surface area is 94.3 Å². The highest BCUT2D eigenvalue weighted by molar-refractivity contribution is 6.02. The summed E-state index contributed by atoms with van der Waals surface area (Å²) in [6, 6.07) is 5.22. The summed E-state index contributed by atoms with van der Waals surface area (Å²) >= 11 is 0. The van der Waals surface area contributed by atoms with Gasteiger partial charge in [-0.05, 0) is 30.2 Å². The van der Waals surface area contributed by atoms with Crippen molar-refractivity contribution in [2.75, 3.05) is 0 Å². The van der Waals surface area contributed by atoms with Crippen LogP contribution in [-0.4, -0.2) is 15.3 Å². The van der Waals surface area contributed by atoms with E-state index >= 15 is 0 Å². The maximum Gasteiger partial charge on any atom is 0.195 e. The Hall–Kier alpha value is -1.77. The molecule has 2 aromatic rings. The van der Waals surface area contributed by atoms with Gasteiger partial charge in [0, 0.05) is 18.2 Å². The molecule has 0 saturated carbocycles. The molecule has 3 nitrogen and oxygen atoms in total. The number of fused-ring (bicyclic) bond motifs is 1. The first-order valence-corrected chi connectivity index (χ1v) is 5.53. The van der Waals surface area contributed by atoms with Crippen molar-refractivity contribution < 1.29 is 9.90 Å².